The van der Waals surface area contributed by atoms with E-state index in [0.717, 1.165) is 43.3 Å². The molecule has 0 spiro atoms. The van der Waals surface area contributed by atoms with Crippen LogP contribution in [0, 0.1) is 5.82 Å². The molecule has 0 unspecified atom stereocenters. The zero-order valence-electron chi connectivity index (χ0n) is 15.3. The minimum absolute atomic E-state index is 0.165. The maximum Gasteiger partial charge on any atom is 0.147 e. The van der Waals surface area contributed by atoms with Crippen LogP contribution >= 0.6 is 11.3 Å². The standard InChI is InChI=1S/C22H19FN4S/c23-18-6-2-3-7-20(18)26-9-11-27(12-10-26)22-14-24-13-19(25-22)17-15-28-21-8-4-1-5-16(17)21/h1-8,13-15H,9-12H2. The molecule has 4 nitrogen and oxygen atoms in total. The largest absolute Gasteiger partial charge is 0.366 e. The summed E-state index contributed by atoms with van der Waals surface area (Å²) >= 11 is 1.73. The number of hydrogen-bond donors (Lipinski definition) is 0. The highest BCUT2D eigenvalue weighted by Crippen LogP contribution is 2.33. The Hall–Kier alpha value is -2.99. The molecular formula is C22H19FN4S. The molecule has 0 bridgehead atoms. The topological polar surface area (TPSA) is 32.3 Å². The van der Waals surface area contributed by atoms with E-state index < -0.39 is 0 Å². The van der Waals surface area contributed by atoms with Gasteiger partial charge in [0.05, 0.1) is 23.8 Å². The zero-order chi connectivity index (χ0) is 18.9. The van der Waals surface area contributed by atoms with Crippen LogP contribution in [0.1, 0.15) is 0 Å². The quantitative estimate of drug-likeness (QED) is 0.502. The summed E-state index contributed by atoms with van der Waals surface area (Å²) in [5.41, 5.74) is 2.69. The van der Waals surface area contributed by atoms with Crippen molar-refractivity contribution in [2.75, 3.05) is 36.0 Å². The first kappa shape index (κ1) is 17.1. The Kier molecular flexibility index (Phi) is 4.41. The summed E-state index contributed by atoms with van der Waals surface area (Å²) in [6.45, 7) is 3.09. The van der Waals surface area contributed by atoms with Gasteiger partial charge in [0.25, 0.3) is 0 Å². The molecule has 0 N–H and O–H groups in total. The van der Waals surface area contributed by atoms with Gasteiger partial charge in [0, 0.05) is 47.2 Å². The molecule has 1 fully saturated rings. The Morgan fingerprint density at radius 3 is 2.46 bits per heavy atom. The van der Waals surface area contributed by atoms with Crippen molar-refractivity contribution in [3.05, 3.63) is 72.1 Å². The molecule has 5 rings (SSSR count). The number of rotatable bonds is 3. The molecule has 2 aromatic heterocycles. The van der Waals surface area contributed by atoms with E-state index in [-0.39, 0.29) is 5.82 Å². The maximum absolute atomic E-state index is 14.1. The van der Waals surface area contributed by atoms with Gasteiger partial charge < -0.3 is 9.80 Å². The second kappa shape index (κ2) is 7.20. The molecule has 1 aliphatic rings. The molecule has 0 amide bonds. The number of nitrogens with zero attached hydrogens (tertiary/aromatic N) is 4. The molecule has 3 heterocycles. The second-order valence-electron chi connectivity index (χ2n) is 6.83. The van der Waals surface area contributed by atoms with Gasteiger partial charge >= 0.3 is 0 Å². The predicted molar refractivity (Wildman–Crippen MR) is 114 cm³/mol. The maximum atomic E-state index is 14.1. The molecule has 1 aliphatic heterocycles. The van der Waals surface area contributed by atoms with Crippen molar-refractivity contribution < 1.29 is 4.39 Å². The number of thiophene rings is 1. The molecule has 6 heteroatoms. The van der Waals surface area contributed by atoms with Crippen LogP contribution in [0.2, 0.25) is 0 Å². The molecule has 0 aliphatic carbocycles. The minimum atomic E-state index is -0.165. The van der Waals surface area contributed by atoms with Crippen LogP contribution in [0.3, 0.4) is 0 Å². The fourth-order valence-electron chi connectivity index (χ4n) is 3.70. The lowest BCUT2D eigenvalue weighted by Gasteiger charge is -2.36. The van der Waals surface area contributed by atoms with Crippen molar-refractivity contribution in [2.24, 2.45) is 0 Å². The van der Waals surface area contributed by atoms with E-state index in [1.165, 1.54) is 16.2 Å². The highest BCUT2D eigenvalue weighted by molar-refractivity contribution is 7.17. The second-order valence-corrected chi connectivity index (χ2v) is 7.74. The van der Waals surface area contributed by atoms with Gasteiger partial charge in [-0.05, 0) is 18.2 Å². The molecule has 28 heavy (non-hydrogen) atoms. The number of fused-ring (bicyclic) bond motifs is 1. The van der Waals surface area contributed by atoms with Crippen molar-refractivity contribution in [1.82, 2.24) is 9.97 Å². The molecule has 2 aromatic carbocycles. The van der Waals surface area contributed by atoms with Gasteiger partial charge in [-0.15, -0.1) is 11.3 Å². The van der Waals surface area contributed by atoms with Crippen LogP contribution < -0.4 is 9.80 Å². The molecular weight excluding hydrogens is 371 g/mol. The Bertz CT molecular complexity index is 1120. The van der Waals surface area contributed by atoms with Crippen LogP contribution in [-0.2, 0) is 0 Å². The summed E-state index contributed by atoms with van der Waals surface area (Å²) in [6.07, 6.45) is 3.64. The molecule has 4 aromatic rings. The van der Waals surface area contributed by atoms with Crippen LogP contribution in [0.5, 0.6) is 0 Å². The lowest BCUT2D eigenvalue weighted by molar-refractivity contribution is 0.596. The third-order valence-electron chi connectivity index (χ3n) is 5.18. The lowest BCUT2D eigenvalue weighted by atomic mass is 10.1. The highest BCUT2D eigenvalue weighted by Gasteiger charge is 2.21. The van der Waals surface area contributed by atoms with Crippen LogP contribution in [0.15, 0.2) is 66.3 Å². The van der Waals surface area contributed by atoms with Crippen molar-refractivity contribution in [2.45, 2.75) is 0 Å². The number of hydrogen-bond acceptors (Lipinski definition) is 5. The fraction of sp³-hybridized carbons (Fsp3) is 0.182. The van der Waals surface area contributed by atoms with Gasteiger partial charge in [0.1, 0.15) is 11.6 Å². The van der Waals surface area contributed by atoms with E-state index in [1.54, 1.807) is 17.4 Å². The van der Waals surface area contributed by atoms with E-state index in [1.807, 2.05) is 24.5 Å². The van der Waals surface area contributed by atoms with Gasteiger partial charge in [0.15, 0.2) is 0 Å². The minimum Gasteiger partial charge on any atom is -0.366 e. The Morgan fingerprint density at radius 2 is 1.61 bits per heavy atom. The Labute approximate surface area is 166 Å². The molecule has 140 valence electrons. The Balaban J connectivity index is 1.37. The number of anilines is 2. The van der Waals surface area contributed by atoms with Crippen molar-refractivity contribution in [1.29, 1.82) is 0 Å². The van der Waals surface area contributed by atoms with Crippen molar-refractivity contribution in [3.8, 4) is 11.3 Å². The number of aromatic nitrogens is 2. The number of halogens is 1. The van der Waals surface area contributed by atoms with Gasteiger partial charge in [0.2, 0.25) is 0 Å². The van der Waals surface area contributed by atoms with E-state index in [2.05, 4.69) is 44.4 Å². The summed E-state index contributed by atoms with van der Waals surface area (Å²) in [5.74, 6) is 0.711. The average Bonchev–Trinajstić information content (AvgIpc) is 3.19. The van der Waals surface area contributed by atoms with Crippen LogP contribution in [0.25, 0.3) is 21.3 Å². The van der Waals surface area contributed by atoms with Crippen LogP contribution in [-0.4, -0.2) is 36.1 Å². The molecule has 0 radical (unpaired) electrons. The van der Waals surface area contributed by atoms with Gasteiger partial charge in [-0.1, -0.05) is 30.3 Å². The first-order valence-corrected chi connectivity index (χ1v) is 10.2. The summed E-state index contributed by atoms with van der Waals surface area (Å²) in [4.78, 5) is 13.6. The molecule has 1 saturated heterocycles. The zero-order valence-corrected chi connectivity index (χ0v) is 16.1. The smallest absolute Gasteiger partial charge is 0.147 e. The van der Waals surface area contributed by atoms with E-state index in [0.29, 0.717) is 5.69 Å². The van der Waals surface area contributed by atoms with Crippen LogP contribution in [0.4, 0.5) is 15.9 Å². The average molecular weight is 390 g/mol. The molecule has 0 saturated carbocycles. The highest BCUT2D eigenvalue weighted by atomic mass is 32.1. The summed E-state index contributed by atoms with van der Waals surface area (Å²) in [7, 11) is 0. The van der Waals surface area contributed by atoms with E-state index in [9.17, 15) is 4.39 Å². The van der Waals surface area contributed by atoms with E-state index in [4.69, 9.17) is 4.98 Å². The summed E-state index contributed by atoms with van der Waals surface area (Å²) in [5, 5.41) is 3.36. The molecule has 0 atom stereocenters. The number of benzene rings is 2. The monoisotopic (exact) mass is 390 g/mol. The van der Waals surface area contributed by atoms with Gasteiger partial charge in [-0.2, -0.15) is 0 Å². The van der Waals surface area contributed by atoms with Gasteiger partial charge in [-0.3, -0.25) is 4.98 Å². The first-order chi connectivity index (χ1) is 13.8. The number of piperazine rings is 1. The SMILES string of the molecule is Fc1ccccc1N1CCN(c2cncc(-c3csc4ccccc34)n2)CC1. The third-order valence-corrected chi connectivity index (χ3v) is 6.14. The lowest BCUT2D eigenvalue weighted by Crippen LogP contribution is -2.47. The third kappa shape index (κ3) is 3.10. The predicted octanol–water partition coefficient (Wildman–Crippen LogP) is 4.82. The van der Waals surface area contributed by atoms with Crippen molar-refractivity contribution >= 4 is 32.9 Å². The van der Waals surface area contributed by atoms with Gasteiger partial charge in [-0.25, -0.2) is 9.37 Å². The van der Waals surface area contributed by atoms with Crippen molar-refractivity contribution in [3.63, 3.8) is 0 Å². The number of para-hydroxylation sites is 1. The fourth-order valence-corrected chi connectivity index (χ4v) is 4.65. The van der Waals surface area contributed by atoms with E-state index >= 15 is 0 Å². The summed E-state index contributed by atoms with van der Waals surface area (Å²) in [6, 6.07) is 15.3. The first-order valence-electron chi connectivity index (χ1n) is 9.33. The normalized spacial score (nSPS) is 14.6. The summed E-state index contributed by atoms with van der Waals surface area (Å²) < 4.78 is 15.3. The Morgan fingerprint density at radius 1 is 0.857 bits per heavy atom.